The van der Waals surface area contributed by atoms with Crippen LogP contribution in [0.2, 0.25) is 0 Å². The Balaban J connectivity index is 2.93. The number of hydrogen-bond donors (Lipinski definition) is 1. The smallest absolute Gasteiger partial charge is 0.131 e. The van der Waals surface area contributed by atoms with Gasteiger partial charge in [-0.25, -0.2) is 4.98 Å². The Morgan fingerprint density at radius 3 is 2.40 bits per heavy atom. The predicted octanol–water partition coefficient (Wildman–Crippen LogP) is 2.06. The average molecular weight is 278 g/mol. The standard InChI is InChI=1S/C16H30N4/c1-7-20(14(4)11-19(5)6)16-12(2)8-15(10-18-16)9-13(3)17/h8,10,13-14H,7,9,11,17H2,1-6H3. The van der Waals surface area contributed by atoms with Gasteiger partial charge in [0.05, 0.1) is 0 Å². The molecule has 0 saturated carbocycles. The van der Waals surface area contributed by atoms with Crippen LogP contribution in [0, 0.1) is 6.92 Å². The third-order valence-corrected chi connectivity index (χ3v) is 3.44. The molecule has 0 bridgehead atoms. The van der Waals surface area contributed by atoms with E-state index in [1.165, 1.54) is 11.1 Å². The van der Waals surface area contributed by atoms with Gasteiger partial charge in [0.25, 0.3) is 0 Å². The van der Waals surface area contributed by atoms with Crippen LogP contribution in [0.1, 0.15) is 31.9 Å². The molecule has 1 aromatic heterocycles. The lowest BCUT2D eigenvalue weighted by molar-refractivity contribution is 0.372. The molecule has 4 nitrogen and oxygen atoms in total. The van der Waals surface area contributed by atoms with Gasteiger partial charge in [0, 0.05) is 31.4 Å². The molecule has 2 atom stereocenters. The average Bonchev–Trinajstić information content (AvgIpc) is 2.31. The van der Waals surface area contributed by atoms with Gasteiger partial charge in [-0.1, -0.05) is 6.07 Å². The molecule has 1 heterocycles. The first-order valence-corrected chi connectivity index (χ1v) is 7.47. The monoisotopic (exact) mass is 278 g/mol. The molecular weight excluding hydrogens is 248 g/mol. The third-order valence-electron chi connectivity index (χ3n) is 3.44. The first-order chi connectivity index (χ1) is 9.35. The van der Waals surface area contributed by atoms with Gasteiger partial charge in [-0.2, -0.15) is 0 Å². The molecule has 0 aromatic carbocycles. The van der Waals surface area contributed by atoms with E-state index in [1.54, 1.807) is 0 Å². The van der Waals surface area contributed by atoms with Crippen LogP contribution in [-0.2, 0) is 6.42 Å². The molecule has 2 unspecified atom stereocenters. The van der Waals surface area contributed by atoms with Crippen molar-refractivity contribution in [1.29, 1.82) is 0 Å². The largest absolute Gasteiger partial charge is 0.353 e. The normalized spacial score (nSPS) is 14.4. The Morgan fingerprint density at radius 1 is 1.30 bits per heavy atom. The fraction of sp³-hybridized carbons (Fsp3) is 0.688. The number of nitrogens with zero attached hydrogens (tertiary/aromatic N) is 3. The van der Waals surface area contributed by atoms with E-state index in [9.17, 15) is 0 Å². The van der Waals surface area contributed by atoms with Gasteiger partial charge < -0.3 is 15.5 Å². The minimum atomic E-state index is 0.178. The predicted molar refractivity (Wildman–Crippen MR) is 87.4 cm³/mol. The lowest BCUT2D eigenvalue weighted by atomic mass is 10.1. The maximum Gasteiger partial charge on any atom is 0.131 e. The van der Waals surface area contributed by atoms with Crippen LogP contribution < -0.4 is 10.6 Å². The minimum absolute atomic E-state index is 0.178. The van der Waals surface area contributed by atoms with E-state index in [0.29, 0.717) is 6.04 Å². The summed E-state index contributed by atoms with van der Waals surface area (Å²) in [6.45, 7) is 10.6. The summed E-state index contributed by atoms with van der Waals surface area (Å²) >= 11 is 0. The topological polar surface area (TPSA) is 45.4 Å². The van der Waals surface area contributed by atoms with Gasteiger partial charge in [0.1, 0.15) is 5.82 Å². The summed E-state index contributed by atoms with van der Waals surface area (Å²) in [7, 11) is 4.22. The van der Waals surface area contributed by atoms with Crippen molar-refractivity contribution in [3.63, 3.8) is 0 Å². The van der Waals surface area contributed by atoms with E-state index in [1.807, 2.05) is 13.1 Å². The highest BCUT2D eigenvalue weighted by molar-refractivity contribution is 5.48. The fourth-order valence-corrected chi connectivity index (χ4v) is 2.71. The van der Waals surface area contributed by atoms with Crippen molar-refractivity contribution < 1.29 is 0 Å². The highest BCUT2D eigenvalue weighted by Gasteiger charge is 2.17. The van der Waals surface area contributed by atoms with Crippen LogP contribution in [0.3, 0.4) is 0 Å². The Bertz CT molecular complexity index is 415. The van der Waals surface area contributed by atoms with Crippen molar-refractivity contribution >= 4 is 5.82 Å². The number of aromatic nitrogens is 1. The van der Waals surface area contributed by atoms with Gasteiger partial charge in [-0.3, -0.25) is 0 Å². The van der Waals surface area contributed by atoms with E-state index in [4.69, 9.17) is 5.73 Å². The molecule has 2 N–H and O–H groups in total. The summed E-state index contributed by atoms with van der Waals surface area (Å²) in [5.41, 5.74) is 8.31. The summed E-state index contributed by atoms with van der Waals surface area (Å²) in [4.78, 5) is 9.26. The molecule has 0 spiro atoms. The Kier molecular flexibility index (Phi) is 6.43. The highest BCUT2D eigenvalue weighted by Crippen LogP contribution is 2.20. The van der Waals surface area contributed by atoms with Crippen molar-refractivity contribution in [2.24, 2.45) is 5.73 Å². The SMILES string of the molecule is CCN(c1ncc(CC(C)N)cc1C)C(C)CN(C)C. The number of aryl methyl sites for hydroxylation is 1. The molecule has 0 amide bonds. The fourth-order valence-electron chi connectivity index (χ4n) is 2.71. The zero-order valence-electron chi connectivity index (χ0n) is 13.8. The van der Waals surface area contributed by atoms with Gasteiger partial charge >= 0.3 is 0 Å². The third kappa shape index (κ3) is 4.76. The highest BCUT2D eigenvalue weighted by atomic mass is 15.2. The summed E-state index contributed by atoms with van der Waals surface area (Å²) in [6, 6.07) is 2.84. The number of likely N-dealkylation sites (N-methyl/N-ethyl adjacent to an activating group) is 2. The second-order valence-corrected chi connectivity index (χ2v) is 6.06. The van der Waals surface area contributed by atoms with Crippen LogP contribution >= 0.6 is 0 Å². The number of pyridine rings is 1. The van der Waals surface area contributed by atoms with Crippen LogP contribution in [0.25, 0.3) is 0 Å². The molecule has 0 saturated heterocycles. The van der Waals surface area contributed by atoms with Gasteiger partial charge in [-0.05, 0) is 59.3 Å². The zero-order chi connectivity index (χ0) is 15.3. The molecule has 0 aliphatic carbocycles. The Hall–Kier alpha value is -1.13. The van der Waals surface area contributed by atoms with Gasteiger partial charge in [0.15, 0.2) is 0 Å². The molecule has 0 radical (unpaired) electrons. The van der Waals surface area contributed by atoms with Crippen LogP contribution in [0.5, 0.6) is 0 Å². The minimum Gasteiger partial charge on any atom is -0.353 e. The Labute approximate surface area is 124 Å². The number of rotatable bonds is 7. The van der Waals surface area contributed by atoms with E-state index in [2.05, 4.69) is 55.7 Å². The van der Waals surface area contributed by atoms with Crippen molar-refractivity contribution in [3.05, 3.63) is 23.4 Å². The number of nitrogens with two attached hydrogens (primary N) is 1. The number of hydrogen-bond acceptors (Lipinski definition) is 4. The van der Waals surface area contributed by atoms with Crippen LogP contribution in [0.15, 0.2) is 12.3 Å². The molecule has 0 aliphatic heterocycles. The van der Waals surface area contributed by atoms with Crippen molar-refractivity contribution in [2.75, 3.05) is 32.1 Å². The molecule has 1 rings (SSSR count). The summed E-state index contributed by atoms with van der Waals surface area (Å²) in [5.74, 6) is 1.09. The van der Waals surface area contributed by atoms with Crippen molar-refractivity contribution in [2.45, 2.75) is 46.2 Å². The van der Waals surface area contributed by atoms with Crippen molar-refractivity contribution in [1.82, 2.24) is 9.88 Å². The second kappa shape index (κ2) is 7.60. The Morgan fingerprint density at radius 2 is 1.95 bits per heavy atom. The maximum atomic E-state index is 5.86. The summed E-state index contributed by atoms with van der Waals surface area (Å²) < 4.78 is 0. The molecule has 0 aliphatic rings. The number of anilines is 1. The lowest BCUT2D eigenvalue weighted by Gasteiger charge is -2.32. The first-order valence-electron chi connectivity index (χ1n) is 7.47. The van der Waals surface area contributed by atoms with Gasteiger partial charge in [-0.15, -0.1) is 0 Å². The van der Waals surface area contributed by atoms with Crippen LogP contribution in [0.4, 0.5) is 5.82 Å². The molecule has 20 heavy (non-hydrogen) atoms. The second-order valence-electron chi connectivity index (χ2n) is 6.06. The summed E-state index contributed by atoms with van der Waals surface area (Å²) in [5, 5.41) is 0. The van der Waals surface area contributed by atoms with E-state index in [0.717, 1.165) is 25.3 Å². The lowest BCUT2D eigenvalue weighted by Crippen LogP contribution is -2.41. The van der Waals surface area contributed by atoms with Gasteiger partial charge in [0.2, 0.25) is 0 Å². The van der Waals surface area contributed by atoms with E-state index < -0.39 is 0 Å². The summed E-state index contributed by atoms with van der Waals surface area (Å²) in [6.07, 6.45) is 2.85. The van der Waals surface area contributed by atoms with E-state index in [-0.39, 0.29) is 6.04 Å². The van der Waals surface area contributed by atoms with Crippen molar-refractivity contribution in [3.8, 4) is 0 Å². The molecule has 4 heteroatoms. The van der Waals surface area contributed by atoms with Crippen LogP contribution in [-0.4, -0.2) is 49.2 Å². The zero-order valence-corrected chi connectivity index (χ0v) is 13.8. The maximum absolute atomic E-state index is 5.86. The molecular formula is C16H30N4. The van der Waals surface area contributed by atoms with E-state index >= 15 is 0 Å². The molecule has 1 aromatic rings. The quantitative estimate of drug-likeness (QED) is 0.829. The molecule has 0 fully saturated rings. The molecule has 114 valence electrons. The first kappa shape index (κ1) is 16.9.